The van der Waals surface area contributed by atoms with Crippen molar-refractivity contribution in [3.63, 3.8) is 0 Å². The highest BCUT2D eigenvalue weighted by molar-refractivity contribution is 9.10. The van der Waals surface area contributed by atoms with Crippen LogP contribution in [0.5, 0.6) is 11.5 Å². The van der Waals surface area contributed by atoms with Crippen molar-refractivity contribution in [2.45, 2.75) is 20.0 Å². The molecule has 0 aliphatic carbocycles. The molecule has 0 bridgehead atoms. The molecule has 0 unspecified atom stereocenters. The van der Waals surface area contributed by atoms with Crippen LogP contribution in [0.4, 0.5) is 5.69 Å². The second-order valence-electron chi connectivity index (χ2n) is 7.88. The van der Waals surface area contributed by atoms with Gasteiger partial charge in [0, 0.05) is 16.6 Å². The lowest BCUT2D eigenvalue weighted by Crippen LogP contribution is -2.29. The van der Waals surface area contributed by atoms with Crippen LogP contribution in [0, 0.1) is 11.3 Å². The second kappa shape index (κ2) is 11.9. The van der Waals surface area contributed by atoms with Crippen molar-refractivity contribution in [3.8, 4) is 17.6 Å². The summed E-state index contributed by atoms with van der Waals surface area (Å²) in [7, 11) is 1.57. The normalized spacial score (nSPS) is 15.4. The predicted octanol–water partition coefficient (Wildman–Crippen LogP) is 6.92. The summed E-state index contributed by atoms with van der Waals surface area (Å²) in [5.74, 6) is 0.984. The van der Waals surface area contributed by atoms with Crippen molar-refractivity contribution in [1.29, 1.82) is 5.26 Å². The van der Waals surface area contributed by atoms with Crippen LogP contribution in [-0.2, 0) is 11.4 Å². The molecule has 6 nitrogen and oxygen atoms in total. The molecule has 3 aromatic carbocycles. The van der Waals surface area contributed by atoms with Gasteiger partial charge >= 0.3 is 0 Å². The van der Waals surface area contributed by atoms with Crippen LogP contribution >= 0.6 is 27.7 Å². The van der Waals surface area contributed by atoms with E-state index >= 15 is 0 Å². The number of methoxy groups -OCH3 is 1. The number of nitrogens with zero attached hydrogens (tertiary/aromatic N) is 3. The monoisotopic (exact) mass is 561 g/mol. The molecule has 0 N–H and O–H groups in total. The van der Waals surface area contributed by atoms with Gasteiger partial charge in [0.25, 0.3) is 5.91 Å². The van der Waals surface area contributed by atoms with E-state index < -0.39 is 0 Å². The Labute approximate surface area is 223 Å². The Bertz CT molecular complexity index is 1370. The van der Waals surface area contributed by atoms with Crippen LogP contribution < -0.4 is 9.47 Å². The molecule has 0 saturated carbocycles. The van der Waals surface area contributed by atoms with Gasteiger partial charge in [-0.05, 0) is 60.2 Å². The Morgan fingerprint density at radius 1 is 1.11 bits per heavy atom. The first kappa shape index (κ1) is 25.5. The van der Waals surface area contributed by atoms with Gasteiger partial charge in [-0.15, -0.1) is 0 Å². The molecular formula is C28H24BrN3O3S. The zero-order valence-electron chi connectivity index (χ0n) is 19.9. The van der Waals surface area contributed by atoms with E-state index in [4.69, 9.17) is 14.5 Å². The van der Waals surface area contributed by atoms with E-state index in [1.165, 1.54) is 11.8 Å². The van der Waals surface area contributed by atoms with Crippen molar-refractivity contribution in [3.05, 3.63) is 92.8 Å². The summed E-state index contributed by atoms with van der Waals surface area (Å²) < 4.78 is 12.3. The van der Waals surface area contributed by atoms with Crippen molar-refractivity contribution in [2.24, 2.45) is 4.99 Å². The molecule has 3 aromatic rings. The van der Waals surface area contributed by atoms with Gasteiger partial charge in [0.1, 0.15) is 6.61 Å². The third-order valence-electron chi connectivity index (χ3n) is 5.41. The SMILES string of the molecule is CCCN1C(=O)/C(=C\c2cc(OC)c(OCc3ccccc3C#N)cc2Br)SC1=Nc1ccccc1. The number of amides is 1. The number of nitriles is 1. The topological polar surface area (TPSA) is 74.9 Å². The first-order valence-corrected chi connectivity index (χ1v) is 13.0. The molecule has 1 heterocycles. The number of carbonyl (C=O) groups excluding carboxylic acids is 1. The quantitative estimate of drug-likeness (QED) is 0.279. The average molecular weight is 562 g/mol. The number of benzene rings is 3. The van der Waals surface area contributed by atoms with Gasteiger partial charge < -0.3 is 9.47 Å². The number of hydrogen-bond donors (Lipinski definition) is 0. The maximum Gasteiger partial charge on any atom is 0.266 e. The number of amidine groups is 1. The first-order chi connectivity index (χ1) is 17.5. The number of rotatable bonds is 8. The lowest BCUT2D eigenvalue weighted by molar-refractivity contribution is -0.122. The van der Waals surface area contributed by atoms with Crippen LogP contribution in [-0.4, -0.2) is 29.6 Å². The number of thioether (sulfide) groups is 1. The minimum Gasteiger partial charge on any atom is -0.493 e. The van der Waals surface area contributed by atoms with Crippen molar-refractivity contribution >= 4 is 50.5 Å². The molecule has 8 heteroatoms. The molecule has 182 valence electrons. The number of carbonyl (C=O) groups is 1. The Balaban J connectivity index is 1.61. The number of aliphatic imine (C=N–C) groups is 1. The molecular weight excluding hydrogens is 538 g/mol. The Kier molecular flexibility index (Phi) is 8.47. The highest BCUT2D eigenvalue weighted by Gasteiger charge is 2.33. The summed E-state index contributed by atoms with van der Waals surface area (Å²) in [5.41, 5.74) is 2.94. The van der Waals surface area contributed by atoms with Crippen molar-refractivity contribution in [1.82, 2.24) is 4.90 Å². The summed E-state index contributed by atoms with van der Waals surface area (Å²) in [6.45, 7) is 2.86. The fourth-order valence-electron chi connectivity index (χ4n) is 3.61. The van der Waals surface area contributed by atoms with E-state index in [1.807, 2.05) is 73.7 Å². The summed E-state index contributed by atoms with van der Waals surface area (Å²) in [5, 5.41) is 9.99. The first-order valence-electron chi connectivity index (χ1n) is 11.4. The van der Waals surface area contributed by atoms with Gasteiger partial charge in [-0.2, -0.15) is 5.26 Å². The van der Waals surface area contributed by atoms with E-state index in [9.17, 15) is 10.1 Å². The van der Waals surface area contributed by atoms with Gasteiger partial charge in [0.05, 0.1) is 29.3 Å². The third kappa shape index (κ3) is 5.81. The lowest BCUT2D eigenvalue weighted by Gasteiger charge is -2.14. The molecule has 0 spiro atoms. The van der Waals surface area contributed by atoms with E-state index in [1.54, 1.807) is 18.1 Å². The van der Waals surface area contributed by atoms with Crippen LogP contribution in [0.1, 0.15) is 30.0 Å². The summed E-state index contributed by atoms with van der Waals surface area (Å²) >= 11 is 4.97. The number of ether oxygens (including phenoxy) is 2. The second-order valence-corrected chi connectivity index (χ2v) is 9.74. The summed E-state index contributed by atoms with van der Waals surface area (Å²) in [6, 6.07) is 22.7. The van der Waals surface area contributed by atoms with Gasteiger partial charge in [-0.1, -0.05) is 59.3 Å². The smallest absolute Gasteiger partial charge is 0.266 e. The fraction of sp³-hybridized carbons (Fsp3) is 0.179. The number of halogens is 1. The van der Waals surface area contributed by atoms with Crippen molar-refractivity contribution < 1.29 is 14.3 Å². The molecule has 36 heavy (non-hydrogen) atoms. The third-order valence-corrected chi connectivity index (χ3v) is 7.10. The van der Waals surface area contributed by atoms with Crippen LogP contribution in [0.25, 0.3) is 6.08 Å². The Hall–Kier alpha value is -3.54. The van der Waals surface area contributed by atoms with Crippen LogP contribution in [0.2, 0.25) is 0 Å². The zero-order valence-corrected chi connectivity index (χ0v) is 22.3. The molecule has 0 radical (unpaired) electrons. The van der Waals surface area contributed by atoms with Crippen molar-refractivity contribution in [2.75, 3.05) is 13.7 Å². The van der Waals surface area contributed by atoms with E-state index in [0.717, 1.165) is 27.7 Å². The summed E-state index contributed by atoms with van der Waals surface area (Å²) in [4.78, 5) is 20.2. The number of para-hydroxylation sites is 1. The van der Waals surface area contributed by atoms with E-state index in [0.29, 0.717) is 33.7 Å². The molecule has 1 amide bonds. The Morgan fingerprint density at radius 2 is 1.86 bits per heavy atom. The maximum absolute atomic E-state index is 13.2. The highest BCUT2D eigenvalue weighted by atomic mass is 79.9. The minimum absolute atomic E-state index is 0.0733. The number of hydrogen-bond acceptors (Lipinski definition) is 6. The molecule has 1 aliphatic rings. The van der Waals surface area contributed by atoms with E-state index in [-0.39, 0.29) is 12.5 Å². The maximum atomic E-state index is 13.2. The zero-order chi connectivity index (χ0) is 25.5. The molecule has 0 atom stereocenters. The molecule has 0 aromatic heterocycles. The van der Waals surface area contributed by atoms with E-state index in [2.05, 4.69) is 22.0 Å². The average Bonchev–Trinajstić information content (AvgIpc) is 3.18. The van der Waals surface area contributed by atoms with Crippen LogP contribution in [0.15, 0.2) is 81.1 Å². The fourth-order valence-corrected chi connectivity index (χ4v) is 5.06. The predicted molar refractivity (Wildman–Crippen MR) is 147 cm³/mol. The summed E-state index contributed by atoms with van der Waals surface area (Å²) in [6.07, 6.45) is 2.66. The van der Waals surface area contributed by atoms with Gasteiger partial charge in [-0.3, -0.25) is 9.69 Å². The van der Waals surface area contributed by atoms with Crippen LogP contribution in [0.3, 0.4) is 0 Å². The molecule has 1 aliphatic heterocycles. The minimum atomic E-state index is -0.0733. The molecule has 4 rings (SSSR count). The molecule has 1 fully saturated rings. The van der Waals surface area contributed by atoms with Gasteiger partial charge in [-0.25, -0.2) is 4.99 Å². The highest BCUT2D eigenvalue weighted by Crippen LogP contribution is 2.39. The standard InChI is InChI=1S/C28H24BrN3O3S/c1-3-13-32-27(33)26(36-28(32)31-22-11-5-4-6-12-22)15-21-14-24(34-2)25(16-23(21)29)35-18-20-10-8-7-9-19(20)17-30/h4-12,14-16H,3,13,18H2,1-2H3/b26-15+,31-28?. The lowest BCUT2D eigenvalue weighted by atomic mass is 10.1. The van der Waals surface area contributed by atoms with Gasteiger partial charge in [0.2, 0.25) is 0 Å². The Morgan fingerprint density at radius 3 is 2.58 bits per heavy atom. The molecule has 1 saturated heterocycles. The largest absolute Gasteiger partial charge is 0.493 e. The van der Waals surface area contributed by atoms with Gasteiger partial charge in [0.15, 0.2) is 16.7 Å².